The van der Waals surface area contributed by atoms with Gasteiger partial charge in [-0.3, -0.25) is 4.79 Å². The third kappa shape index (κ3) is 4.83. The molecule has 0 saturated heterocycles. The van der Waals surface area contributed by atoms with Gasteiger partial charge in [0.25, 0.3) is 0 Å². The Bertz CT molecular complexity index is 713. The van der Waals surface area contributed by atoms with Crippen molar-refractivity contribution in [2.45, 2.75) is 25.2 Å². The van der Waals surface area contributed by atoms with Crippen molar-refractivity contribution in [2.75, 3.05) is 20.3 Å². The molecule has 1 N–H and O–H groups in total. The second-order valence-electron chi connectivity index (χ2n) is 6.93. The van der Waals surface area contributed by atoms with E-state index in [1.54, 1.807) is 7.11 Å². The summed E-state index contributed by atoms with van der Waals surface area (Å²) in [5.41, 5.74) is 2.34. The van der Waals surface area contributed by atoms with E-state index in [-0.39, 0.29) is 17.2 Å². The van der Waals surface area contributed by atoms with Crippen LogP contribution in [0, 0.1) is 5.41 Å². The first-order valence-electron chi connectivity index (χ1n) is 8.68. The summed E-state index contributed by atoms with van der Waals surface area (Å²) in [7, 11) is 1.71. The van der Waals surface area contributed by atoms with Crippen LogP contribution >= 0.6 is 11.6 Å². The van der Waals surface area contributed by atoms with Crippen molar-refractivity contribution in [2.24, 2.45) is 5.41 Å². The van der Waals surface area contributed by atoms with Gasteiger partial charge in [0.1, 0.15) is 0 Å². The Balaban J connectivity index is 1.71. The van der Waals surface area contributed by atoms with Crippen LogP contribution in [0.4, 0.5) is 0 Å². The largest absolute Gasteiger partial charge is 0.384 e. The maximum absolute atomic E-state index is 12.6. The van der Waals surface area contributed by atoms with E-state index in [1.807, 2.05) is 42.5 Å². The first kappa shape index (κ1) is 18.0. The van der Waals surface area contributed by atoms with Crippen molar-refractivity contribution in [3.63, 3.8) is 0 Å². The molecule has 1 saturated carbocycles. The Kier molecular flexibility index (Phi) is 5.77. The number of carbonyl (C=O) groups excluding carboxylic acids is 1. The van der Waals surface area contributed by atoms with E-state index < -0.39 is 0 Å². The van der Waals surface area contributed by atoms with Crippen molar-refractivity contribution in [3.05, 3.63) is 70.7 Å². The lowest BCUT2D eigenvalue weighted by molar-refractivity contribution is -0.121. The van der Waals surface area contributed by atoms with Crippen LogP contribution in [0.2, 0.25) is 5.02 Å². The zero-order valence-electron chi connectivity index (χ0n) is 14.5. The van der Waals surface area contributed by atoms with Crippen molar-refractivity contribution in [1.29, 1.82) is 0 Å². The topological polar surface area (TPSA) is 38.3 Å². The van der Waals surface area contributed by atoms with Crippen molar-refractivity contribution in [1.82, 2.24) is 5.32 Å². The number of rotatable bonds is 8. The van der Waals surface area contributed by atoms with Gasteiger partial charge in [-0.05, 0) is 36.1 Å². The molecule has 0 aromatic heterocycles. The molecule has 3 rings (SSSR count). The normalized spacial score (nSPS) is 16.2. The molecule has 0 radical (unpaired) electrons. The molecule has 25 heavy (non-hydrogen) atoms. The first-order valence-corrected chi connectivity index (χ1v) is 9.06. The van der Waals surface area contributed by atoms with Crippen molar-refractivity contribution in [3.8, 4) is 0 Å². The number of hydrogen-bond acceptors (Lipinski definition) is 2. The summed E-state index contributed by atoms with van der Waals surface area (Å²) in [6, 6.07) is 17.9. The molecule has 3 nitrogen and oxygen atoms in total. The van der Waals surface area contributed by atoms with Gasteiger partial charge in [-0.2, -0.15) is 0 Å². The Morgan fingerprint density at radius 3 is 2.52 bits per heavy atom. The number of halogens is 1. The maximum Gasteiger partial charge on any atom is 0.220 e. The van der Waals surface area contributed by atoms with Gasteiger partial charge in [0.2, 0.25) is 5.91 Å². The molecule has 1 aliphatic carbocycles. The summed E-state index contributed by atoms with van der Waals surface area (Å²) in [4.78, 5) is 12.6. The molecule has 1 fully saturated rings. The number of carbonyl (C=O) groups is 1. The fourth-order valence-electron chi connectivity index (χ4n) is 3.24. The summed E-state index contributed by atoms with van der Waals surface area (Å²) in [6.07, 6.45) is 2.66. The van der Waals surface area contributed by atoms with Crippen molar-refractivity contribution >= 4 is 17.5 Å². The second-order valence-corrected chi connectivity index (χ2v) is 7.37. The Labute approximate surface area is 154 Å². The Hall–Kier alpha value is -1.84. The maximum atomic E-state index is 12.6. The minimum absolute atomic E-state index is 0.00233. The lowest BCUT2D eigenvalue weighted by Gasteiger charge is -2.20. The van der Waals surface area contributed by atoms with E-state index in [4.69, 9.17) is 16.3 Å². The molecular weight excluding hydrogens is 334 g/mol. The van der Waals surface area contributed by atoms with Crippen LogP contribution < -0.4 is 5.32 Å². The van der Waals surface area contributed by atoms with E-state index in [2.05, 4.69) is 17.4 Å². The highest BCUT2D eigenvalue weighted by molar-refractivity contribution is 6.30. The predicted molar refractivity (Wildman–Crippen MR) is 101 cm³/mol. The van der Waals surface area contributed by atoms with Crippen LogP contribution in [0.3, 0.4) is 0 Å². The summed E-state index contributed by atoms with van der Waals surface area (Å²) < 4.78 is 5.27. The third-order valence-electron chi connectivity index (χ3n) is 4.91. The summed E-state index contributed by atoms with van der Waals surface area (Å²) in [5, 5.41) is 3.79. The first-order chi connectivity index (χ1) is 12.1. The van der Waals surface area contributed by atoms with E-state index in [0.29, 0.717) is 24.6 Å². The monoisotopic (exact) mass is 357 g/mol. The highest BCUT2D eigenvalue weighted by Crippen LogP contribution is 2.45. The Morgan fingerprint density at radius 1 is 1.16 bits per heavy atom. The van der Waals surface area contributed by atoms with Crippen LogP contribution in [0.5, 0.6) is 0 Å². The highest BCUT2D eigenvalue weighted by Gasteiger charge is 2.42. The van der Waals surface area contributed by atoms with Gasteiger partial charge in [0.15, 0.2) is 0 Å². The van der Waals surface area contributed by atoms with Gasteiger partial charge in [-0.15, -0.1) is 0 Å². The SMILES string of the molecule is COCC1(CNC(=O)CC(c2ccccc2)c2cccc(Cl)c2)CC1. The molecule has 0 spiro atoms. The number of methoxy groups -OCH3 is 1. The quantitative estimate of drug-likeness (QED) is 0.760. The molecule has 1 unspecified atom stereocenters. The number of nitrogens with one attached hydrogen (secondary N) is 1. The standard InChI is InChI=1S/C21H24ClNO2/c1-25-15-21(10-11-21)14-23-20(24)13-19(16-6-3-2-4-7-16)17-8-5-9-18(22)12-17/h2-9,12,19H,10-11,13-15H2,1H3,(H,23,24). The lowest BCUT2D eigenvalue weighted by atomic mass is 9.88. The molecular formula is C21H24ClNO2. The summed E-state index contributed by atoms with van der Waals surface area (Å²) >= 11 is 6.16. The predicted octanol–water partition coefficient (Wildman–Crippen LogP) is 4.40. The number of benzene rings is 2. The molecule has 0 aliphatic heterocycles. The molecule has 4 heteroatoms. The van der Waals surface area contributed by atoms with Crippen LogP contribution in [0.15, 0.2) is 54.6 Å². The average molecular weight is 358 g/mol. The van der Waals surface area contributed by atoms with Gasteiger partial charge in [-0.1, -0.05) is 54.1 Å². The van der Waals surface area contributed by atoms with E-state index in [9.17, 15) is 4.79 Å². The number of hydrogen-bond donors (Lipinski definition) is 1. The van der Waals surface area contributed by atoms with Crippen LogP contribution in [0.25, 0.3) is 0 Å². The lowest BCUT2D eigenvalue weighted by Crippen LogP contribution is -2.33. The van der Waals surface area contributed by atoms with E-state index in [1.165, 1.54) is 0 Å². The highest BCUT2D eigenvalue weighted by atomic mass is 35.5. The Morgan fingerprint density at radius 2 is 1.88 bits per heavy atom. The number of ether oxygens (including phenoxy) is 1. The fraction of sp³-hybridized carbons (Fsp3) is 0.381. The van der Waals surface area contributed by atoms with Gasteiger partial charge < -0.3 is 10.1 Å². The molecule has 1 atom stereocenters. The molecule has 2 aromatic carbocycles. The second kappa shape index (κ2) is 8.03. The number of amides is 1. The fourth-order valence-corrected chi connectivity index (χ4v) is 3.43. The molecule has 1 aliphatic rings. The minimum Gasteiger partial charge on any atom is -0.384 e. The molecule has 0 bridgehead atoms. The molecule has 1 amide bonds. The smallest absolute Gasteiger partial charge is 0.220 e. The van der Waals surface area contributed by atoms with Gasteiger partial charge in [-0.25, -0.2) is 0 Å². The zero-order valence-corrected chi connectivity index (χ0v) is 15.3. The van der Waals surface area contributed by atoms with E-state index in [0.717, 1.165) is 24.0 Å². The molecule has 132 valence electrons. The van der Waals surface area contributed by atoms with Crippen LogP contribution in [0.1, 0.15) is 36.3 Å². The van der Waals surface area contributed by atoms with Gasteiger partial charge in [0, 0.05) is 36.4 Å². The van der Waals surface area contributed by atoms with Crippen molar-refractivity contribution < 1.29 is 9.53 Å². The van der Waals surface area contributed by atoms with Crippen LogP contribution in [-0.4, -0.2) is 26.2 Å². The van der Waals surface area contributed by atoms with Crippen LogP contribution in [-0.2, 0) is 9.53 Å². The third-order valence-corrected chi connectivity index (χ3v) is 5.15. The zero-order chi connectivity index (χ0) is 17.7. The molecule has 2 aromatic rings. The van der Waals surface area contributed by atoms with Gasteiger partial charge in [0.05, 0.1) is 6.61 Å². The average Bonchev–Trinajstić information content (AvgIpc) is 3.39. The van der Waals surface area contributed by atoms with Gasteiger partial charge >= 0.3 is 0 Å². The summed E-state index contributed by atoms with van der Waals surface area (Å²) in [6.45, 7) is 1.40. The van der Waals surface area contributed by atoms with E-state index >= 15 is 0 Å². The minimum atomic E-state index is -0.00233. The summed E-state index contributed by atoms with van der Waals surface area (Å²) in [5.74, 6) is 0.0636. The molecule has 0 heterocycles.